The summed E-state index contributed by atoms with van der Waals surface area (Å²) in [6.07, 6.45) is 0. The molecule has 0 amide bonds. The molecule has 0 saturated heterocycles. The van der Waals surface area contributed by atoms with E-state index in [0.29, 0.717) is 22.3 Å². The Hall–Kier alpha value is -4.05. The molecule has 1 aromatic heterocycles. The summed E-state index contributed by atoms with van der Waals surface area (Å²) in [6.45, 7) is 1.36. The van der Waals surface area contributed by atoms with Gasteiger partial charge in [-0.1, -0.05) is 18.2 Å². The van der Waals surface area contributed by atoms with Gasteiger partial charge in [-0.15, -0.1) is 0 Å². The van der Waals surface area contributed by atoms with Crippen molar-refractivity contribution in [2.75, 3.05) is 4.72 Å². The second-order valence-corrected chi connectivity index (χ2v) is 8.42. The van der Waals surface area contributed by atoms with E-state index in [2.05, 4.69) is 9.82 Å². The molecule has 0 spiro atoms. The third-order valence-corrected chi connectivity index (χ3v) is 6.02. The van der Waals surface area contributed by atoms with E-state index >= 15 is 0 Å². The minimum atomic E-state index is -3.80. The number of sulfonamides is 1. The highest BCUT2D eigenvalue weighted by atomic mass is 32.2. The number of Topliss-reactive ketones (excluding diaryl/α,β-unsaturated/α-hetero) is 1. The van der Waals surface area contributed by atoms with Gasteiger partial charge in [-0.25, -0.2) is 13.1 Å². The van der Waals surface area contributed by atoms with Crippen LogP contribution in [0, 0.1) is 10.1 Å². The van der Waals surface area contributed by atoms with Crippen LogP contribution in [0.25, 0.3) is 16.6 Å². The topological polar surface area (TPSA) is 124 Å². The second kappa shape index (κ2) is 7.65. The van der Waals surface area contributed by atoms with E-state index in [-0.39, 0.29) is 22.1 Å². The summed E-state index contributed by atoms with van der Waals surface area (Å²) in [6, 6.07) is 18.5. The lowest BCUT2D eigenvalue weighted by Gasteiger charge is -2.09. The first-order chi connectivity index (χ1) is 14.8. The number of anilines is 1. The summed E-state index contributed by atoms with van der Waals surface area (Å²) < 4.78 is 29.1. The molecule has 0 saturated carbocycles. The molecule has 10 heteroatoms. The predicted octanol–water partition coefficient (Wildman–Crippen LogP) is 3.94. The van der Waals surface area contributed by atoms with Crippen LogP contribution in [0.1, 0.15) is 17.4 Å². The molecule has 0 bridgehead atoms. The van der Waals surface area contributed by atoms with Crippen molar-refractivity contribution in [3.63, 3.8) is 0 Å². The molecule has 0 aliphatic rings. The monoisotopic (exact) mass is 436 g/mol. The first-order valence-corrected chi connectivity index (χ1v) is 10.6. The summed E-state index contributed by atoms with van der Waals surface area (Å²) in [7, 11) is -3.80. The molecule has 4 aromatic rings. The number of hydrogen-bond donors (Lipinski definition) is 1. The van der Waals surface area contributed by atoms with Crippen molar-refractivity contribution in [1.82, 2.24) is 9.78 Å². The van der Waals surface area contributed by atoms with Gasteiger partial charge in [0.25, 0.3) is 15.7 Å². The second-order valence-electron chi connectivity index (χ2n) is 6.74. The standard InChI is InChI=1S/C21H16N4O5S/c1-14(26)21-19-12-9-17(25(27)28)13-20(19)24(22-21)16-7-10-18(11-8-16)31(29,30)23-15-5-3-2-4-6-15/h2-13,23H,1H3. The van der Waals surface area contributed by atoms with E-state index in [1.165, 1.54) is 54.1 Å². The van der Waals surface area contributed by atoms with Crippen molar-refractivity contribution in [1.29, 1.82) is 0 Å². The Bertz CT molecular complexity index is 1410. The van der Waals surface area contributed by atoms with Gasteiger partial charge < -0.3 is 0 Å². The molecule has 1 N–H and O–H groups in total. The number of carbonyl (C=O) groups is 1. The molecule has 9 nitrogen and oxygen atoms in total. The number of ketones is 1. The largest absolute Gasteiger partial charge is 0.293 e. The number of non-ortho nitro benzene ring substituents is 1. The fourth-order valence-corrected chi connectivity index (χ4v) is 4.22. The molecule has 31 heavy (non-hydrogen) atoms. The number of fused-ring (bicyclic) bond motifs is 1. The van der Waals surface area contributed by atoms with Gasteiger partial charge in [-0.2, -0.15) is 5.10 Å². The highest BCUT2D eigenvalue weighted by Crippen LogP contribution is 2.27. The van der Waals surface area contributed by atoms with Gasteiger partial charge in [-0.05, 0) is 42.5 Å². The van der Waals surface area contributed by atoms with Gasteiger partial charge in [0, 0.05) is 30.1 Å². The molecular weight excluding hydrogens is 420 g/mol. The number of nitrogens with one attached hydrogen (secondary N) is 1. The maximum absolute atomic E-state index is 12.6. The zero-order valence-electron chi connectivity index (χ0n) is 16.2. The molecule has 0 atom stereocenters. The quantitative estimate of drug-likeness (QED) is 0.277. The summed E-state index contributed by atoms with van der Waals surface area (Å²) in [4.78, 5) is 22.7. The first-order valence-electron chi connectivity index (χ1n) is 9.13. The number of carbonyl (C=O) groups excluding carboxylic acids is 1. The smallest absolute Gasteiger partial charge is 0.271 e. The Morgan fingerprint density at radius 1 is 1.03 bits per heavy atom. The SMILES string of the molecule is CC(=O)c1nn(-c2ccc(S(=O)(=O)Nc3ccccc3)cc2)c2cc([N+](=O)[O-])ccc12. The van der Waals surface area contributed by atoms with Gasteiger partial charge in [-0.3, -0.25) is 19.6 Å². The van der Waals surface area contributed by atoms with Crippen molar-refractivity contribution in [3.8, 4) is 5.69 Å². The summed E-state index contributed by atoms with van der Waals surface area (Å²) in [5, 5.41) is 15.9. The molecule has 0 unspecified atom stereocenters. The van der Waals surface area contributed by atoms with Crippen LogP contribution in [-0.4, -0.2) is 28.9 Å². The number of nitro groups is 1. The lowest BCUT2D eigenvalue weighted by Crippen LogP contribution is -2.13. The number of para-hydroxylation sites is 1. The summed E-state index contributed by atoms with van der Waals surface area (Å²) in [5.74, 6) is -0.288. The maximum Gasteiger partial charge on any atom is 0.271 e. The molecule has 3 aromatic carbocycles. The van der Waals surface area contributed by atoms with Crippen molar-refractivity contribution >= 4 is 38.1 Å². The number of benzene rings is 3. The Balaban J connectivity index is 1.76. The fourth-order valence-electron chi connectivity index (χ4n) is 3.16. The van der Waals surface area contributed by atoms with E-state index in [1.807, 2.05) is 0 Å². The van der Waals surface area contributed by atoms with Crippen LogP contribution < -0.4 is 4.72 Å². The van der Waals surface area contributed by atoms with Crippen LogP contribution in [0.15, 0.2) is 77.7 Å². The molecule has 156 valence electrons. The molecule has 1 heterocycles. The molecule has 0 aliphatic heterocycles. The normalized spacial score (nSPS) is 11.4. The first kappa shape index (κ1) is 20.2. The van der Waals surface area contributed by atoms with Crippen molar-refractivity contribution in [3.05, 3.63) is 88.6 Å². The van der Waals surface area contributed by atoms with Crippen molar-refractivity contribution < 1.29 is 18.1 Å². The molecular formula is C21H16N4O5S. The lowest BCUT2D eigenvalue weighted by molar-refractivity contribution is -0.384. The van der Waals surface area contributed by atoms with Crippen LogP contribution in [-0.2, 0) is 10.0 Å². The number of hydrogen-bond acceptors (Lipinski definition) is 6. The fraction of sp³-hybridized carbons (Fsp3) is 0.0476. The number of nitro benzene ring substituents is 1. The predicted molar refractivity (Wildman–Crippen MR) is 115 cm³/mol. The van der Waals surface area contributed by atoms with Crippen LogP contribution in [0.2, 0.25) is 0 Å². The van der Waals surface area contributed by atoms with Gasteiger partial charge in [0.15, 0.2) is 5.78 Å². The minimum Gasteiger partial charge on any atom is -0.293 e. The Morgan fingerprint density at radius 3 is 2.32 bits per heavy atom. The van der Waals surface area contributed by atoms with E-state index in [9.17, 15) is 23.3 Å². The van der Waals surface area contributed by atoms with E-state index in [1.54, 1.807) is 30.3 Å². The maximum atomic E-state index is 12.6. The van der Waals surface area contributed by atoms with Crippen LogP contribution in [0.4, 0.5) is 11.4 Å². The van der Waals surface area contributed by atoms with Gasteiger partial charge in [0.1, 0.15) is 5.69 Å². The molecule has 0 fully saturated rings. The van der Waals surface area contributed by atoms with Crippen LogP contribution in [0.5, 0.6) is 0 Å². The zero-order valence-corrected chi connectivity index (χ0v) is 17.0. The van der Waals surface area contributed by atoms with Gasteiger partial charge in [0.2, 0.25) is 0 Å². The minimum absolute atomic E-state index is 0.0364. The van der Waals surface area contributed by atoms with E-state index < -0.39 is 14.9 Å². The zero-order chi connectivity index (χ0) is 22.2. The molecule has 0 radical (unpaired) electrons. The van der Waals surface area contributed by atoms with E-state index in [0.717, 1.165) is 0 Å². The Kier molecular flexibility index (Phi) is 4.99. The molecule has 4 rings (SSSR count). The highest BCUT2D eigenvalue weighted by molar-refractivity contribution is 7.92. The Labute approximate surface area is 177 Å². The third-order valence-electron chi connectivity index (χ3n) is 4.63. The Morgan fingerprint density at radius 2 is 1.71 bits per heavy atom. The third kappa shape index (κ3) is 3.88. The number of aromatic nitrogens is 2. The van der Waals surface area contributed by atoms with Crippen molar-refractivity contribution in [2.24, 2.45) is 0 Å². The van der Waals surface area contributed by atoms with Crippen molar-refractivity contribution in [2.45, 2.75) is 11.8 Å². The van der Waals surface area contributed by atoms with Crippen LogP contribution in [0.3, 0.4) is 0 Å². The van der Waals surface area contributed by atoms with Gasteiger partial charge in [0.05, 0.1) is 21.0 Å². The number of rotatable bonds is 6. The average molecular weight is 436 g/mol. The lowest BCUT2D eigenvalue weighted by atomic mass is 10.1. The summed E-state index contributed by atoms with van der Waals surface area (Å²) >= 11 is 0. The summed E-state index contributed by atoms with van der Waals surface area (Å²) in [5.41, 5.74) is 1.29. The molecule has 0 aliphatic carbocycles. The van der Waals surface area contributed by atoms with E-state index in [4.69, 9.17) is 0 Å². The average Bonchev–Trinajstić information content (AvgIpc) is 3.13. The number of nitrogens with zero attached hydrogens (tertiary/aromatic N) is 3. The van der Waals surface area contributed by atoms with Gasteiger partial charge >= 0.3 is 0 Å². The van der Waals surface area contributed by atoms with Crippen LogP contribution >= 0.6 is 0 Å². The highest BCUT2D eigenvalue weighted by Gasteiger charge is 2.19.